The summed E-state index contributed by atoms with van der Waals surface area (Å²) in [4.78, 5) is 0. The van der Waals surface area contributed by atoms with Crippen molar-refractivity contribution in [1.29, 1.82) is 0 Å². The molecule has 1 rings (SSSR count). The van der Waals surface area contributed by atoms with Crippen molar-refractivity contribution in [2.45, 2.75) is 25.5 Å². The molecule has 1 fully saturated rings. The van der Waals surface area contributed by atoms with E-state index in [4.69, 9.17) is 9.47 Å². The van der Waals surface area contributed by atoms with Crippen LogP contribution in [0.3, 0.4) is 0 Å². The number of hydrogen-bond acceptors (Lipinski definition) is 3. The highest BCUT2D eigenvalue weighted by molar-refractivity contribution is 4.75. The molecule has 0 aromatic heterocycles. The minimum absolute atomic E-state index is 0.285. The van der Waals surface area contributed by atoms with Gasteiger partial charge in [-0.1, -0.05) is 6.92 Å². The van der Waals surface area contributed by atoms with Crippen molar-refractivity contribution in [2.75, 3.05) is 26.9 Å². The van der Waals surface area contributed by atoms with Crippen LogP contribution in [0.4, 0.5) is 0 Å². The van der Waals surface area contributed by atoms with Crippen molar-refractivity contribution in [2.24, 2.45) is 0 Å². The molecule has 11 heavy (non-hydrogen) atoms. The van der Waals surface area contributed by atoms with Gasteiger partial charge in [0.2, 0.25) is 0 Å². The van der Waals surface area contributed by atoms with E-state index in [0.29, 0.717) is 6.04 Å². The zero-order chi connectivity index (χ0) is 8.10. The molecule has 0 aromatic rings. The van der Waals surface area contributed by atoms with Gasteiger partial charge in [0.05, 0.1) is 19.3 Å². The molecule has 3 heteroatoms. The molecule has 1 aliphatic rings. The summed E-state index contributed by atoms with van der Waals surface area (Å²) in [5.74, 6) is 0. The number of likely N-dealkylation sites (N-methyl/N-ethyl adjacent to an activating group) is 1. The minimum atomic E-state index is 0.285. The highest BCUT2D eigenvalue weighted by atomic mass is 16.5. The van der Waals surface area contributed by atoms with Crippen LogP contribution in [-0.2, 0) is 9.47 Å². The van der Waals surface area contributed by atoms with Gasteiger partial charge in [0.1, 0.15) is 0 Å². The van der Waals surface area contributed by atoms with Crippen LogP contribution in [0.2, 0.25) is 0 Å². The largest absolute Gasteiger partial charge is 0.379 e. The molecule has 1 aliphatic heterocycles. The van der Waals surface area contributed by atoms with Crippen molar-refractivity contribution < 1.29 is 9.47 Å². The first-order valence-electron chi connectivity index (χ1n) is 4.20. The molecule has 0 aromatic carbocycles. The Kier molecular flexibility index (Phi) is 3.83. The van der Waals surface area contributed by atoms with E-state index in [1.807, 2.05) is 0 Å². The van der Waals surface area contributed by atoms with Gasteiger partial charge in [-0.25, -0.2) is 0 Å². The highest BCUT2D eigenvalue weighted by Crippen LogP contribution is 2.09. The summed E-state index contributed by atoms with van der Waals surface area (Å²) in [6.45, 7) is 4.69. The van der Waals surface area contributed by atoms with Crippen LogP contribution >= 0.6 is 0 Å². The fourth-order valence-electron chi connectivity index (χ4n) is 1.39. The predicted octanol–water partition coefficient (Wildman–Crippen LogP) is 0.400. The molecule has 0 aliphatic carbocycles. The summed E-state index contributed by atoms with van der Waals surface area (Å²) in [5.41, 5.74) is 0. The lowest BCUT2D eigenvalue weighted by Crippen LogP contribution is -2.42. The van der Waals surface area contributed by atoms with Crippen LogP contribution in [0.15, 0.2) is 0 Å². The number of methoxy groups -OCH3 is 1. The lowest BCUT2D eigenvalue weighted by molar-refractivity contribution is -0.0437. The topological polar surface area (TPSA) is 30.5 Å². The molecular weight excluding hydrogens is 142 g/mol. The van der Waals surface area contributed by atoms with E-state index in [9.17, 15) is 0 Å². The van der Waals surface area contributed by atoms with E-state index in [1.165, 1.54) is 0 Å². The predicted molar refractivity (Wildman–Crippen MR) is 43.7 cm³/mol. The standard InChI is InChI=1S/C8H17NO2/c1-3-9-7-4-8(10-2)6-11-5-7/h7-9H,3-6H2,1-2H3. The molecule has 0 saturated carbocycles. The van der Waals surface area contributed by atoms with Gasteiger partial charge in [-0.15, -0.1) is 0 Å². The van der Waals surface area contributed by atoms with Gasteiger partial charge in [0.15, 0.2) is 0 Å². The zero-order valence-corrected chi connectivity index (χ0v) is 7.30. The Morgan fingerprint density at radius 1 is 1.55 bits per heavy atom. The first-order valence-corrected chi connectivity index (χ1v) is 4.20. The minimum Gasteiger partial charge on any atom is -0.379 e. The molecule has 0 amide bonds. The van der Waals surface area contributed by atoms with E-state index >= 15 is 0 Å². The van der Waals surface area contributed by atoms with Crippen LogP contribution in [0.5, 0.6) is 0 Å². The SMILES string of the molecule is CCNC1COCC(OC)C1. The smallest absolute Gasteiger partial charge is 0.0820 e. The maximum Gasteiger partial charge on any atom is 0.0820 e. The Labute approximate surface area is 68.1 Å². The lowest BCUT2D eigenvalue weighted by Gasteiger charge is -2.28. The second-order valence-corrected chi connectivity index (χ2v) is 2.89. The average Bonchev–Trinajstić information content (AvgIpc) is 2.06. The van der Waals surface area contributed by atoms with Crippen LogP contribution in [0, 0.1) is 0 Å². The molecule has 2 unspecified atom stereocenters. The molecular formula is C8H17NO2. The van der Waals surface area contributed by atoms with Gasteiger partial charge in [-0.05, 0) is 13.0 Å². The molecule has 2 atom stereocenters. The number of hydrogen-bond donors (Lipinski definition) is 1. The third-order valence-corrected chi connectivity index (χ3v) is 2.00. The van der Waals surface area contributed by atoms with Gasteiger partial charge in [-0.2, -0.15) is 0 Å². The van der Waals surface area contributed by atoms with Crippen LogP contribution < -0.4 is 5.32 Å². The second kappa shape index (κ2) is 4.70. The average molecular weight is 159 g/mol. The summed E-state index contributed by atoms with van der Waals surface area (Å²) in [6.07, 6.45) is 1.36. The molecule has 3 nitrogen and oxygen atoms in total. The monoisotopic (exact) mass is 159 g/mol. The summed E-state index contributed by atoms with van der Waals surface area (Å²) >= 11 is 0. The number of ether oxygens (including phenoxy) is 2. The van der Waals surface area contributed by atoms with Gasteiger partial charge in [0.25, 0.3) is 0 Å². The second-order valence-electron chi connectivity index (χ2n) is 2.89. The first-order chi connectivity index (χ1) is 5.36. The van der Waals surface area contributed by atoms with Crippen LogP contribution in [0.1, 0.15) is 13.3 Å². The van der Waals surface area contributed by atoms with E-state index in [2.05, 4.69) is 12.2 Å². The maximum atomic E-state index is 5.35. The Balaban J connectivity index is 2.21. The van der Waals surface area contributed by atoms with Crippen LogP contribution in [0.25, 0.3) is 0 Å². The fourth-order valence-corrected chi connectivity index (χ4v) is 1.39. The van der Waals surface area contributed by atoms with Crippen molar-refractivity contribution in [3.8, 4) is 0 Å². The number of rotatable bonds is 3. The van der Waals surface area contributed by atoms with Gasteiger partial charge in [0, 0.05) is 13.2 Å². The maximum absolute atomic E-state index is 5.35. The zero-order valence-electron chi connectivity index (χ0n) is 7.30. The summed E-state index contributed by atoms with van der Waals surface area (Å²) < 4.78 is 10.6. The summed E-state index contributed by atoms with van der Waals surface area (Å²) in [6, 6.07) is 0.485. The van der Waals surface area contributed by atoms with Gasteiger partial charge < -0.3 is 14.8 Å². The Hall–Kier alpha value is -0.120. The highest BCUT2D eigenvalue weighted by Gasteiger charge is 2.20. The van der Waals surface area contributed by atoms with E-state index in [1.54, 1.807) is 7.11 Å². The quantitative estimate of drug-likeness (QED) is 0.646. The fraction of sp³-hybridized carbons (Fsp3) is 1.00. The van der Waals surface area contributed by atoms with Crippen molar-refractivity contribution >= 4 is 0 Å². The Morgan fingerprint density at radius 2 is 2.36 bits per heavy atom. The molecule has 66 valence electrons. The molecule has 0 bridgehead atoms. The third-order valence-electron chi connectivity index (χ3n) is 2.00. The first kappa shape index (κ1) is 8.97. The van der Waals surface area contributed by atoms with Crippen molar-refractivity contribution in [1.82, 2.24) is 5.32 Å². The van der Waals surface area contributed by atoms with Crippen molar-refractivity contribution in [3.63, 3.8) is 0 Å². The van der Waals surface area contributed by atoms with Gasteiger partial charge in [-0.3, -0.25) is 0 Å². The lowest BCUT2D eigenvalue weighted by atomic mass is 10.1. The Bertz CT molecular complexity index is 106. The van der Waals surface area contributed by atoms with E-state index in [-0.39, 0.29) is 6.10 Å². The van der Waals surface area contributed by atoms with Gasteiger partial charge >= 0.3 is 0 Å². The van der Waals surface area contributed by atoms with Crippen LogP contribution in [-0.4, -0.2) is 39.0 Å². The molecule has 1 saturated heterocycles. The molecule has 1 N–H and O–H groups in total. The summed E-state index contributed by atoms with van der Waals surface area (Å²) in [7, 11) is 1.74. The van der Waals surface area contributed by atoms with Crippen molar-refractivity contribution in [3.05, 3.63) is 0 Å². The molecule has 0 radical (unpaired) electrons. The Morgan fingerprint density at radius 3 is 3.00 bits per heavy atom. The van der Waals surface area contributed by atoms with E-state index in [0.717, 1.165) is 26.2 Å². The summed E-state index contributed by atoms with van der Waals surface area (Å²) in [5, 5.41) is 3.34. The number of nitrogens with one attached hydrogen (secondary N) is 1. The molecule has 1 heterocycles. The van der Waals surface area contributed by atoms with E-state index < -0.39 is 0 Å². The third kappa shape index (κ3) is 2.77. The normalized spacial score (nSPS) is 32.2. The molecule has 0 spiro atoms.